The van der Waals surface area contributed by atoms with Crippen molar-refractivity contribution in [3.63, 3.8) is 0 Å². The van der Waals surface area contributed by atoms with E-state index in [1.54, 1.807) is 6.07 Å². The Morgan fingerprint density at radius 2 is 2.38 bits per heavy atom. The fraction of sp³-hybridized carbons (Fsp3) is 0.300. The number of rotatable bonds is 4. The Morgan fingerprint density at radius 1 is 1.69 bits per heavy atom. The Kier molecular flexibility index (Phi) is 4.23. The lowest BCUT2D eigenvalue weighted by atomic mass is 10.1. The number of nitrogens with zero attached hydrogens (tertiary/aromatic N) is 2. The lowest BCUT2D eigenvalue weighted by molar-refractivity contribution is -0.384. The first-order valence-corrected chi connectivity index (χ1v) is 5.04. The quantitative estimate of drug-likeness (QED) is 0.646. The first kappa shape index (κ1) is 12.4. The predicted molar refractivity (Wildman–Crippen MR) is 60.1 cm³/mol. The van der Waals surface area contributed by atoms with Crippen LogP contribution in [0, 0.1) is 21.4 Å². The molecule has 0 bridgehead atoms. The van der Waals surface area contributed by atoms with Gasteiger partial charge in [-0.1, -0.05) is 24.6 Å². The molecule has 1 unspecified atom stereocenters. The zero-order chi connectivity index (χ0) is 12.1. The fourth-order valence-corrected chi connectivity index (χ4v) is 1.48. The molecule has 16 heavy (non-hydrogen) atoms. The summed E-state index contributed by atoms with van der Waals surface area (Å²) in [5, 5.41) is 22.5. The van der Waals surface area contributed by atoms with Crippen LogP contribution >= 0.6 is 11.6 Å². The second kappa shape index (κ2) is 5.45. The first-order valence-electron chi connectivity index (χ1n) is 4.67. The Balaban J connectivity index is 3.11. The summed E-state index contributed by atoms with van der Waals surface area (Å²) in [4.78, 5) is 10.1. The Bertz CT molecular complexity index is 442. The van der Waals surface area contributed by atoms with Crippen molar-refractivity contribution in [3.05, 3.63) is 38.9 Å². The number of halogens is 1. The van der Waals surface area contributed by atoms with Crippen LogP contribution in [0.4, 0.5) is 5.69 Å². The van der Waals surface area contributed by atoms with Crippen molar-refractivity contribution >= 4 is 17.3 Å². The van der Waals surface area contributed by atoms with E-state index in [1.165, 1.54) is 12.1 Å². The molecule has 1 N–H and O–H groups in total. The summed E-state index contributed by atoms with van der Waals surface area (Å²) in [5.41, 5.74) is 0.359. The molecular formula is C10H10ClN3O2. The largest absolute Gasteiger partial charge is 0.298 e. The van der Waals surface area contributed by atoms with Crippen molar-refractivity contribution in [2.24, 2.45) is 0 Å². The summed E-state index contributed by atoms with van der Waals surface area (Å²) < 4.78 is 0. The Labute approximate surface area is 97.8 Å². The fourth-order valence-electron chi connectivity index (χ4n) is 1.29. The number of nitro groups is 1. The van der Waals surface area contributed by atoms with Gasteiger partial charge in [0.1, 0.15) is 11.1 Å². The summed E-state index contributed by atoms with van der Waals surface area (Å²) >= 11 is 5.67. The van der Waals surface area contributed by atoms with E-state index >= 15 is 0 Å². The molecule has 0 aliphatic carbocycles. The van der Waals surface area contributed by atoms with E-state index in [-0.39, 0.29) is 10.7 Å². The lowest BCUT2D eigenvalue weighted by Gasteiger charge is -2.09. The highest BCUT2D eigenvalue weighted by molar-refractivity contribution is 6.32. The van der Waals surface area contributed by atoms with E-state index in [1.807, 2.05) is 13.0 Å². The molecule has 0 amide bonds. The van der Waals surface area contributed by atoms with Gasteiger partial charge in [-0.3, -0.25) is 15.4 Å². The van der Waals surface area contributed by atoms with Crippen LogP contribution in [0.1, 0.15) is 18.5 Å². The maximum atomic E-state index is 10.7. The molecule has 0 saturated carbocycles. The van der Waals surface area contributed by atoms with Crippen molar-refractivity contribution in [1.82, 2.24) is 5.32 Å². The molecule has 0 radical (unpaired) electrons. The van der Waals surface area contributed by atoms with Crippen LogP contribution in [0.25, 0.3) is 0 Å². The van der Waals surface area contributed by atoms with Crippen molar-refractivity contribution in [2.75, 3.05) is 6.54 Å². The molecule has 1 rings (SSSR count). The topological polar surface area (TPSA) is 79.0 Å². The highest BCUT2D eigenvalue weighted by Gasteiger charge is 2.17. The minimum absolute atomic E-state index is 0.0712. The standard InChI is InChI=1S/C10H10ClN3O2/c1-2-13-9(6-12)7-3-4-8(11)10(5-7)14(15)16/h3-5,9,13H,2H2,1H3. The van der Waals surface area contributed by atoms with E-state index in [2.05, 4.69) is 5.32 Å². The van der Waals surface area contributed by atoms with Gasteiger partial charge in [0, 0.05) is 6.07 Å². The molecule has 0 spiro atoms. The normalized spacial score (nSPS) is 11.8. The van der Waals surface area contributed by atoms with Crippen LogP contribution in [0.5, 0.6) is 0 Å². The number of benzene rings is 1. The van der Waals surface area contributed by atoms with Crippen LogP contribution in [-0.4, -0.2) is 11.5 Å². The van der Waals surface area contributed by atoms with Crippen molar-refractivity contribution in [2.45, 2.75) is 13.0 Å². The molecule has 1 atom stereocenters. The number of hydrogen-bond donors (Lipinski definition) is 1. The molecule has 0 heterocycles. The number of nitriles is 1. The average Bonchev–Trinajstić information content (AvgIpc) is 2.26. The monoisotopic (exact) mass is 239 g/mol. The molecule has 0 aliphatic rings. The van der Waals surface area contributed by atoms with Gasteiger partial charge in [-0.15, -0.1) is 0 Å². The molecule has 5 nitrogen and oxygen atoms in total. The van der Waals surface area contributed by atoms with Gasteiger partial charge in [0.25, 0.3) is 5.69 Å². The van der Waals surface area contributed by atoms with Crippen molar-refractivity contribution in [3.8, 4) is 6.07 Å². The number of nitrogens with one attached hydrogen (secondary N) is 1. The van der Waals surface area contributed by atoms with Gasteiger partial charge in [0.2, 0.25) is 0 Å². The summed E-state index contributed by atoms with van der Waals surface area (Å²) in [6, 6.07) is 5.82. The third kappa shape index (κ3) is 2.69. The second-order valence-electron chi connectivity index (χ2n) is 3.09. The molecule has 0 aliphatic heterocycles. The summed E-state index contributed by atoms with van der Waals surface area (Å²) in [6.07, 6.45) is 0. The predicted octanol–water partition coefficient (Wildman–Crippen LogP) is 2.42. The third-order valence-electron chi connectivity index (χ3n) is 2.04. The highest BCUT2D eigenvalue weighted by atomic mass is 35.5. The van der Waals surface area contributed by atoms with Gasteiger partial charge in [-0.2, -0.15) is 5.26 Å². The van der Waals surface area contributed by atoms with E-state index in [4.69, 9.17) is 16.9 Å². The van der Waals surface area contributed by atoms with Gasteiger partial charge in [0.05, 0.1) is 11.0 Å². The minimum atomic E-state index is -0.563. The average molecular weight is 240 g/mol. The minimum Gasteiger partial charge on any atom is -0.298 e. The molecule has 0 saturated heterocycles. The number of hydrogen-bond acceptors (Lipinski definition) is 4. The van der Waals surface area contributed by atoms with Crippen molar-refractivity contribution < 1.29 is 4.92 Å². The lowest BCUT2D eigenvalue weighted by Crippen LogP contribution is -2.19. The molecule has 6 heteroatoms. The molecular weight excluding hydrogens is 230 g/mol. The molecule has 1 aromatic rings. The first-order chi connectivity index (χ1) is 7.60. The molecule has 0 aromatic heterocycles. The van der Waals surface area contributed by atoms with Gasteiger partial charge in [-0.05, 0) is 18.2 Å². The van der Waals surface area contributed by atoms with Crippen LogP contribution in [0.15, 0.2) is 18.2 Å². The number of nitro benzene ring substituents is 1. The van der Waals surface area contributed by atoms with Crippen LogP contribution < -0.4 is 5.32 Å². The third-order valence-corrected chi connectivity index (χ3v) is 2.36. The van der Waals surface area contributed by atoms with Crippen LogP contribution in [0.3, 0.4) is 0 Å². The highest BCUT2D eigenvalue weighted by Crippen LogP contribution is 2.27. The van der Waals surface area contributed by atoms with Crippen molar-refractivity contribution in [1.29, 1.82) is 5.26 Å². The Morgan fingerprint density at radius 3 is 2.88 bits per heavy atom. The maximum absolute atomic E-state index is 10.7. The van der Waals surface area contributed by atoms with E-state index in [0.29, 0.717) is 12.1 Å². The SMILES string of the molecule is CCNC(C#N)c1ccc(Cl)c([N+](=O)[O-])c1. The van der Waals surface area contributed by atoms with E-state index in [0.717, 1.165) is 0 Å². The zero-order valence-electron chi connectivity index (χ0n) is 8.61. The van der Waals surface area contributed by atoms with Crippen LogP contribution in [0.2, 0.25) is 5.02 Å². The van der Waals surface area contributed by atoms with Gasteiger partial charge in [0.15, 0.2) is 0 Å². The summed E-state index contributed by atoms with van der Waals surface area (Å²) in [7, 11) is 0. The second-order valence-corrected chi connectivity index (χ2v) is 3.49. The summed E-state index contributed by atoms with van der Waals surface area (Å²) in [6.45, 7) is 2.46. The van der Waals surface area contributed by atoms with Gasteiger partial charge >= 0.3 is 0 Å². The van der Waals surface area contributed by atoms with Crippen LogP contribution in [-0.2, 0) is 0 Å². The Hall–Kier alpha value is -1.64. The van der Waals surface area contributed by atoms with E-state index < -0.39 is 11.0 Å². The molecule has 1 aromatic carbocycles. The van der Waals surface area contributed by atoms with Gasteiger partial charge < -0.3 is 0 Å². The maximum Gasteiger partial charge on any atom is 0.288 e. The summed E-state index contributed by atoms with van der Waals surface area (Å²) in [5.74, 6) is 0. The van der Waals surface area contributed by atoms with Gasteiger partial charge in [-0.25, -0.2) is 0 Å². The smallest absolute Gasteiger partial charge is 0.288 e. The molecule has 0 fully saturated rings. The zero-order valence-corrected chi connectivity index (χ0v) is 9.36. The van der Waals surface area contributed by atoms with E-state index in [9.17, 15) is 10.1 Å². The molecule has 84 valence electrons.